The van der Waals surface area contributed by atoms with Gasteiger partial charge in [-0.15, -0.1) is 0 Å². The number of para-hydroxylation sites is 1. The fraction of sp³-hybridized carbons (Fsp3) is 0. The van der Waals surface area contributed by atoms with Crippen LogP contribution in [0.25, 0.3) is 43.8 Å². The second-order valence-corrected chi connectivity index (χ2v) is 7.62. The third-order valence-electron chi connectivity index (χ3n) is 6.24. The predicted molar refractivity (Wildman–Crippen MR) is 120 cm³/mol. The zero-order chi connectivity index (χ0) is 18.4. The summed E-state index contributed by atoms with van der Waals surface area (Å²) in [6.45, 7) is 0. The lowest BCUT2D eigenvalue weighted by molar-refractivity contribution is 1.29. The topological polar surface area (TPSA) is 3.24 Å². The molecule has 0 spiro atoms. The first-order chi connectivity index (χ1) is 13.8. The Morgan fingerprint density at radius 2 is 1.25 bits per heavy atom. The van der Waals surface area contributed by atoms with E-state index in [-0.39, 0.29) is 0 Å². The maximum atomic E-state index is 6.57. The van der Waals surface area contributed by atoms with Crippen molar-refractivity contribution in [3.63, 3.8) is 0 Å². The van der Waals surface area contributed by atoms with Gasteiger partial charge in [0.15, 0.2) is 0 Å². The number of hydrogen-bond acceptors (Lipinski definition) is 1. The van der Waals surface area contributed by atoms with Crippen molar-refractivity contribution < 1.29 is 0 Å². The lowest BCUT2D eigenvalue weighted by Gasteiger charge is -2.39. The van der Waals surface area contributed by atoms with E-state index in [4.69, 9.17) is 7.85 Å². The first kappa shape index (κ1) is 14.5. The van der Waals surface area contributed by atoms with Gasteiger partial charge in [0, 0.05) is 21.9 Å². The molecule has 0 amide bonds. The molecule has 0 saturated carbocycles. The van der Waals surface area contributed by atoms with E-state index in [1.165, 1.54) is 55.5 Å². The van der Waals surface area contributed by atoms with Gasteiger partial charge in [0.2, 0.25) is 0 Å². The number of fused-ring (bicyclic) bond motifs is 5. The highest BCUT2D eigenvalue weighted by Gasteiger charge is 2.33. The van der Waals surface area contributed by atoms with Crippen LogP contribution in [0.3, 0.4) is 0 Å². The lowest BCUT2D eigenvalue weighted by Crippen LogP contribution is -2.21. The van der Waals surface area contributed by atoms with Gasteiger partial charge < -0.3 is 4.90 Å². The van der Waals surface area contributed by atoms with Crippen molar-refractivity contribution in [1.82, 2.24) is 0 Å². The summed E-state index contributed by atoms with van der Waals surface area (Å²) in [4.78, 5) is 2.44. The SMILES string of the molecule is [B]c1cc2c3c4c(cccc14)-c1ccccc1N3c1cccc3cccc-2c13. The Bertz CT molecular complexity index is 1480. The summed E-state index contributed by atoms with van der Waals surface area (Å²) in [5.41, 5.74) is 9.58. The summed E-state index contributed by atoms with van der Waals surface area (Å²) in [6, 6.07) is 30.5. The first-order valence-electron chi connectivity index (χ1n) is 9.60. The molecule has 0 aromatic heterocycles. The Hall–Kier alpha value is -3.52. The molecule has 7 rings (SSSR count). The van der Waals surface area contributed by atoms with Crippen LogP contribution in [0.1, 0.15) is 0 Å². The van der Waals surface area contributed by atoms with Crippen LogP contribution in [0.4, 0.5) is 17.1 Å². The third-order valence-corrected chi connectivity index (χ3v) is 6.24. The Balaban J connectivity index is 1.82. The predicted octanol–water partition coefficient (Wildman–Crippen LogP) is 6.22. The monoisotopic (exact) mass is 351 g/mol. The van der Waals surface area contributed by atoms with Crippen LogP contribution in [-0.4, -0.2) is 7.85 Å². The third kappa shape index (κ3) is 1.56. The van der Waals surface area contributed by atoms with Crippen LogP contribution < -0.4 is 10.4 Å². The summed E-state index contributed by atoms with van der Waals surface area (Å²) in [6.07, 6.45) is 0. The van der Waals surface area contributed by atoms with E-state index in [0.29, 0.717) is 0 Å². The summed E-state index contributed by atoms with van der Waals surface area (Å²) in [5.74, 6) is 0. The molecular formula is C26H14BN. The molecule has 0 unspecified atom stereocenters. The minimum absolute atomic E-state index is 0.839. The number of benzene rings is 5. The van der Waals surface area contributed by atoms with Crippen molar-refractivity contribution >= 4 is 51.9 Å². The fourth-order valence-corrected chi connectivity index (χ4v) is 5.15. The van der Waals surface area contributed by atoms with Crippen LogP contribution in [0.5, 0.6) is 0 Å². The first-order valence-corrected chi connectivity index (χ1v) is 9.60. The van der Waals surface area contributed by atoms with Gasteiger partial charge in [0.25, 0.3) is 0 Å². The van der Waals surface area contributed by atoms with Crippen LogP contribution >= 0.6 is 0 Å². The van der Waals surface area contributed by atoms with Gasteiger partial charge >= 0.3 is 0 Å². The molecule has 2 aliphatic rings. The number of anilines is 3. The van der Waals surface area contributed by atoms with Gasteiger partial charge in [-0.2, -0.15) is 0 Å². The minimum Gasteiger partial charge on any atom is -0.308 e. The molecule has 2 radical (unpaired) electrons. The van der Waals surface area contributed by atoms with Gasteiger partial charge in [0.1, 0.15) is 7.85 Å². The van der Waals surface area contributed by atoms with Gasteiger partial charge in [-0.05, 0) is 34.0 Å². The van der Waals surface area contributed by atoms with Crippen LogP contribution in [0.15, 0.2) is 84.9 Å². The van der Waals surface area contributed by atoms with Crippen molar-refractivity contribution in [2.75, 3.05) is 4.90 Å². The van der Waals surface area contributed by atoms with E-state index < -0.39 is 0 Å². The van der Waals surface area contributed by atoms with Crippen molar-refractivity contribution in [2.45, 2.75) is 0 Å². The second kappa shape index (κ2) is 4.85. The van der Waals surface area contributed by atoms with E-state index in [2.05, 4.69) is 89.8 Å². The molecule has 28 heavy (non-hydrogen) atoms. The Labute approximate surface area is 164 Å². The van der Waals surface area contributed by atoms with E-state index >= 15 is 0 Å². The molecule has 0 fully saturated rings. The molecule has 0 N–H and O–H groups in total. The van der Waals surface area contributed by atoms with Crippen molar-refractivity contribution in [3.8, 4) is 22.3 Å². The van der Waals surface area contributed by atoms with Crippen LogP contribution in [0, 0.1) is 0 Å². The molecule has 126 valence electrons. The van der Waals surface area contributed by atoms with Gasteiger partial charge in [-0.3, -0.25) is 0 Å². The Morgan fingerprint density at radius 1 is 0.571 bits per heavy atom. The average Bonchev–Trinajstić information content (AvgIpc) is 2.75. The average molecular weight is 351 g/mol. The fourth-order valence-electron chi connectivity index (χ4n) is 5.15. The van der Waals surface area contributed by atoms with Crippen LogP contribution in [0.2, 0.25) is 0 Å². The summed E-state index contributed by atoms with van der Waals surface area (Å²) in [7, 11) is 6.57. The molecule has 2 aliphatic heterocycles. The highest BCUT2D eigenvalue weighted by molar-refractivity contribution is 6.42. The lowest BCUT2D eigenvalue weighted by atomic mass is 9.78. The molecule has 2 heterocycles. The highest BCUT2D eigenvalue weighted by Crippen LogP contribution is 2.58. The highest BCUT2D eigenvalue weighted by atomic mass is 15.2. The zero-order valence-electron chi connectivity index (χ0n) is 15.1. The molecule has 1 nitrogen and oxygen atoms in total. The quantitative estimate of drug-likeness (QED) is 0.293. The summed E-state index contributed by atoms with van der Waals surface area (Å²) < 4.78 is 0. The summed E-state index contributed by atoms with van der Waals surface area (Å²) >= 11 is 0. The van der Waals surface area contributed by atoms with E-state index in [1.807, 2.05) is 0 Å². The number of hydrogen-bond donors (Lipinski definition) is 0. The van der Waals surface area contributed by atoms with Crippen molar-refractivity contribution in [3.05, 3.63) is 84.9 Å². The molecule has 0 saturated heterocycles. The minimum atomic E-state index is 0.839. The molecule has 0 atom stereocenters. The maximum absolute atomic E-state index is 6.57. The van der Waals surface area contributed by atoms with Gasteiger partial charge in [-0.1, -0.05) is 78.3 Å². The summed E-state index contributed by atoms with van der Waals surface area (Å²) in [5, 5.41) is 4.94. The normalized spacial score (nSPS) is 13.1. The van der Waals surface area contributed by atoms with Crippen molar-refractivity contribution in [1.29, 1.82) is 0 Å². The molecule has 5 aromatic rings. The van der Waals surface area contributed by atoms with E-state index in [9.17, 15) is 0 Å². The largest absolute Gasteiger partial charge is 0.308 e. The Kier molecular flexibility index (Phi) is 2.52. The van der Waals surface area contributed by atoms with Gasteiger partial charge in [0.05, 0.1) is 17.1 Å². The Morgan fingerprint density at radius 3 is 2.14 bits per heavy atom. The molecular weight excluding hydrogens is 337 g/mol. The number of rotatable bonds is 0. The number of nitrogens with zero attached hydrogens (tertiary/aromatic N) is 1. The zero-order valence-corrected chi connectivity index (χ0v) is 15.1. The van der Waals surface area contributed by atoms with E-state index in [0.717, 1.165) is 10.8 Å². The van der Waals surface area contributed by atoms with Crippen LogP contribution in [-0.2, 0) is 0 Å². The van der Waals surface area contributed by atoms with Gasteiger partial charge in [-0.25, -0.2) is 0 Å². The second-order valence-electron chi connectivity index (χ2n) is 7.62. The maximum Gasteiger partial charge on any atom is 0.114 e. The van der Waals surface area contributed by atoms with E-state index in [1.54, 1.807) is 0 Å². The molecule has 5 aromatic carbocycles. The molecule has 0 bridgehead atoms. The molecule has 0 aliphatic carbocycles. The van der Waals surface area contributed by atoms with Crippen molar-refractivity contribution in [2.24, 2.45) is 0 Å². The smallest absolute Gasteiger partial charge is 0.114 e. The molecule has 2 heteroatoms. The standard InChI is InChI=1S/C26H14BN/c27-21-14-20-18-9-3-6-15-7-4-13-23(24(15)18)28-22-12-2-1-8-16(22)17-10-5-11-19(21)25(17)26(20)28/h1-14H.